The summed E-state index contributed by atoms with van der Waals surface area (Å²) in [4.78, 5) is 0. The maximum absolute atomic E-state index is 9.70. The zero-order valence-electron chi connectivity index (χ0n) is 8.32. The lowest BCUT2D eigenvalue weighted by Gasteiger charge is -2.14. The molecule has 0 aliphatic rings. The van der Waals surface area contributed by atoms with E-state index in [-0.39, 0.29) is 12.4 Å². The van der Waals surface area contributed by atoms with Crippen molar-refractivity contribution in [3.63, 3.8) is 0 Å². The number of phenolic OH excluding ortho intramolecular Hbond substituents is 1. The van der Waals surface area contributed by atoms with Gasteiger partial charge in [-0.25, -0.2) is 0 Å². The van der Waals surface area contributed by atoms with E-state index in [0.717, 1.165) is 5.56 Å². The fourth-order valence-electron chi connectivity index (χ4n) is 1.31. The van der Waals surface area contributed by atoms with E-state index in [1.165, 1.54) is 7.11 Å². The second-order valence-electron chi connectivity index (χ2n) is 3.19. The molecule has 0 fully saturated rings. The van der Waals surface area contributed by atoms with Crippen molar-refractivity contribution in [1.29, 1.82) is 0 Å². The molecule has 1 aromatic rings. The SMILES string of the molecule is COc1cc(C)cc([C@@H](N)CO)c1O. The average molecular weight is 197 g/mol. The van der Waals surface area contributed by atoms with Gasteiger partial charge in [0.1, 0.15) is 0 Å². The fourth-order valence-corrected chi connectivity index (χ4v) is 1.31. The third kappa shape index (κ3) is 1.97. The normalized spacial score (nSPS) is 12.6. The van der Waals surface area contributed by atoms with Crippen LogP contribution in [-0.4, -0.2) is 23.9 Å². The van der Waals surface area contributed by atoms with Crippen molar-refractivity contribution >= 4 is 0 Å². The molecule has 0 unspecified atom stereocenters. The molecule has 78 valence electrons. The van der Waals surface area contributed by atoms with Gasteiger partial charge < -0.3 is 20.7 Å². The summed E-state index contributed by atoms with van der Waals surface area (Å²) in [7, 11) is 1.47. The van der Waals surface area contributed by atoms with Crippen LogP contribution in [0.3, 0.4) is 0 Å². The van der Waals surface area contributed by atoms with Crippen LogP contribution < -0.4 is 10.5 Å². The minimum Gasteiger partial charge on any atom is -0.504 e. The number of methoxy groups -OCH3 is 1. The highest BCUT2D eigenvalue weighted by molar-refractivity contribution is 5.49. The van der Waals surface area contributed by atoms with Crippen LogP contribution in [0.2, 0.25) is 0 Å². The van der Waals surface area contributed by atoms with Gasteiger partial charge in [-0.05, 0) is 18.6 Å². The highest BCUT2D eigenvalue weighted by Gasteiger charge is 2.14. The Morgan fingerprint density at radius 2 is 2.14 bits per heavy atom. The molecule has 1 rings (SSSR count). The second-order valence-corrected chi connectivity index (χ2v) is 3.19. The number of aromatic hydroxyl groups is 1. The van der Waals surface area contributed by atoms with Gasteiger partial charge >= 0.3 is 0 Å². The van der Waals surface area contributed by atoms with Gasteiger partial charge in [0.25, 0.3) is 0 Å². The van der Waals surface area contributed by atoms with Crippen LogP contribution in [0.15, 0.2) is 12.1 Å². The Balaban J connectivity index is 3.21. The van der Waals surface area contributed by atoms with Gasteiger partial charge in [-0.2, -0.15) is 0 Å². The van der Waals surface area contributed by atoms with Crippen molar-refractivity contribution in [3.8, 4) is 11.5 Å². The quantitative estimate of drug-likeness (QED) is 0.666. The van der Waals surface area contributed by atoms with Crippen LogP contribution in [0.25, 0.3) is 0 Å². The number of hydrogen-bond donors (Lipinski definition) is 3. The molecule has 1 aromatic carbocycles. The van der Waals surface area contributed by atoms with Crippen molar-refractivity contribution < 1.29 is 14.9 Å². The number of nitrogens with two attached hydrogens (primary N) is 1. The Morgan fingerprint density at radius 1 is 1.50 bits per heavy atom. The topological polar surface area (TPSA) is 75.7 Å². The number of phenols is 1. The molecule has 0 radical (unpaired) electrons. The molecule has 4 heteroatoms. The number of aliphatic hydroxyl groups excluding tert-OH is 1. The smallest absolute Gasteiger partial charge is 0.162 e. The van der Waals surface area contributed by atoms with E-state index in [0.29, 0.717) is 11.3 Å². The molecule has 4 nitrogen and oxygen atoms in total. The van der Waals surface area contributed by atoms with Gasteiger partial charge in [0.05, 0.1) is 19.8 Å². The van der Waals surface area contributed by atoms with E-state index in [9.17, 15) is 5.11 Å². The predicted molar refractivity (Wildman–Crippen MR) is 53.4 cm³/mol. The zero-order valence-corrected chi connectivity index (χ0v) is 8.32. The van der Waals surface area contributed by atoms with Gasteiger partial charge in [0.2, 0.25) is 0 Å². The summed E-state index contributed by atoms with van der Waals surface area (Å²) in [5.41, 5.74) is 7.06. The molecule has 4 N–H and O–H groups in total. The third-order valence-corrected chi connectivity index (χ3v) is 2.06. The molecule has 0 bridgehead atoms. The van der Waals surface area contributed by atoms with Crippen molar-refractivity contribution in [2.24, 2.45) is 5.73 Å². The zero-order chi connectivity index (χ0) is 10.7. The fraction of sp³-hybridized carbons (Fsp3) is 0.400. The lowest BCUT2D eigenvalue weighted by Crippen LogP contribution is -2.15. The molecular weight excluding hydrogens is 182 g/mol. The van der Waals surface area contributed by atoms with E-state index in [2.05, 4.69) is 0 Å². The van der Waals surface area contributed by atoms with E-state index in [4.69, 9.17) is 15.6 Å². The summed E-state index contributed by atoms with van der Waals surface area (Å²) in [5.74, 6) is 0.378. The molecule has 14 heavy (non-hydrogen) atoms. The summed E-state index contributed by atoms with van der Waals surface area (Å²) >= 11 is 0. The van der Waals surface area contributed by atoms with Crippen molar-refractivity contribution in [3.05, 3.63) is 23.3 Å². The summed E-state index contributed by atoms with van der Waals surface area (Å²) < 4.78 is 4.97. The van der Waals surface area contributed by atoms with Crippen LogP contribution in [0.1, 0.15) is 17.2 Å². The highest BCUT2D eigenvalue weighted by atomic mass is 16.5. The summed E-state index contributed by atoms with van der Waals surface area (Å²) in [5, 5.41) is 18.6. The van der Waals surface area contributed by atoms with Crippen molar-refractivity contribution in [1.82, 2.24) is 0 Å². The summed E-state index contributed by atoms with van der Waals surface area (Å²) in [6.07, 6.45) is 0. The van der Waals surface area contributed by atoms with Crippen LogP contribution in [0.5, 0.6) is 11.5 Å². The lowest BCUT2D eigenvalue weighted by atomic mass is 10.0. The molecule has 0 spiro atoms. The van der Waals surface area contributed by atoms with E-state index in [1.54, 1.807) is 12.1 Å². The lowest BCUT2D eigenvalue weighted by molar-refractivity contribution is 0.264. The molecule has 0 aliphatic heterocycles. The Hall–Kier alpha value is -1.26. The Labute approximate surface area is 82.9 Å². The first kappa shape index (κ1) is 10.8. The minimum absolute atomic E-state index is 0.000324. The summed E-state index contributed by atoms with van der Waals surface area (Å²) in [6, 6.07) is 2.87. The number of benzene rings is 1. The number of aryl methyl sites for hydroxylation is 1. The first-order chi connectivity index (χ1) is 6.60. The third-order valence-electron chi connectivity index (χ3n) is 2.06. The predicted octanol–water partition coefficient (Wildman–Crippen LogP) is 0.701. The molecular formula is C10H15NO3. The highest BCUT2D eigenvalue weighted by Crippen LogP contribution is 2.33. The molecule has 0 aliphatic carbocycles. The van der Waals surface area contributed by atoms with Crippen molar-refractivity contribution in [2.75, 3.05) is 13.7 Å². The summed E-state index contributed by atoms with van der Waals surface area (Å²) in [6.45, 7) is 1.66. The monoisotopic (exact) mass is 197 g/mol. The van der Waals surface area contributed by atoms with Gasteiger partial charge in [0.15, 0.2) is 11.5 Å². The second kappa shape index (κ2) is 4.30. The molecule has 0 saturated carbocycles. The van der Waals surface area contributed by atoms with E-state index < -0.39 is 6.04 Å². The number of rotatable bonds is 3. The van der Waals surface area contributed by atoms with E-state index in [1.807, 2.05) is 6.92 Å². The molecule has 0 amide bonds. The first-order valence-electron chi connectivity index (χ1n) is 4.34. The molecule has 0 aromatic heterocycles. The first-order valence-corrected chi connectivity index (χ1v) is 4.34. The van der Waals surface area contributed by atoms with Gasteiger partial charge in [0, 0.05) is 5.56 Å². The minimum atomic E-state index is -0.580. The average Bonchev–Trinajstić information content (AvgIpc) is 2.19. The molecule has 0 saturated heterocycles. The van der Waals surface area contributed by atoms with Gasteiger partial charge in [-0.3, -0.25) is 0 Å². The number of aliphatic hydroxyl groups is 1. The Kier molecular flexibility index (Phi) is 3.33. The van der Waals surface area contributed by atoms with Gasteiger partial charge in [-0.1, -0.05) is 6.07 Å². The van der Waals surface area contributed by atoms with Crippen LogP contribution in [-0.2, 0) is 0 Å². The van der Waals surface area contributed by atoms with E-state index >= 15 is 0 Å². The Morgan fingerprint density at radius 3 is 2.64 bits per heavy atom. The van der Waals surface area contributed by atoms with Crippen LogP contribution in [0.4, 0.5) is 0 Å². The largest absolute Gasteiger partial charge is 0.504 e. The van der Waals surface area contributed by atoms with Crippen LogP contribution >= 0.6 is 0 Å². The number of hydrogen-bond acceptors (Lipinski definition) is 4. The standard InChI is InChI=1S/C10H15NO3/c1-6-3-7(8(11)5-12)10(13)9(4-6)14-2/h3-4,8,12-13H,5,11H2,1-2H3/t8-/m0/s1. The molecule has 1 atom stereocenters. The molecule has 0 heterocycles. The maximum Gasteiger partial charge on any atom is 0.162 e. The number of ether oxygens (including phenoxy) is 1. The van der Waals surface area contributed by atoms with Gasteiger partial charge in [-0.15, -0.1) is 0 Å². The maximum atomic E-state index is 9.70. The van der Waals surface area contributed by atoms with Crippen LogP contribution in [0, 0.1) is 6.92 Å². The Bertz CT molecular complexity index is 325. The van der Waals surface area contributed by atoms with Crippen molar-refractivity contribution in [2.45, 2.75) is 13.0 Å².